The second-order valence-electron chi connectivity index (χ2n) is 3.33. The summed E-state index contributed by atoms with van der Waals surface area (Å²) < 4.78 is 83.9. The van der Waals surface area contributed by atoms with Crippen molar-refractivity contribution in [3.63, 3.8) is 0 Å². The van der Waals surface area contributed by atoms with E-state index < -0.39 is 29.1 Å². The van der Waals surface area contributed by atoms with Crippen LogP contribution in [0.4, 0.5) is 19.4 Å². The van der Waals surface area contributed by atoms with Gasteiger partial charge in [-0.15, -0.1) is 0 Å². The van der Waals surface area contributed by atoms with Gasteiger partial charge in [-0.3, -0.25) is 0 Å². The average molecular weight is 317 g/mol. The quantitative estimate of drug-likeness (QED) is 0.591. The van der Waals surface area contributed by atoms with Crippen LogP contribution in [-0.4, -0.2) is 8.42 Å². The zero-order valence-corrected chi connectivity index (χ0v) is 10.5. The number of halogens is 6. The van der Waals surface area contributed by atoms with E-state index in [1.54, 1.807) is 0 Å². The van der Waals surface area contributed by atoms with Crippen LogP contribution in [0.1, 0.15) is 5.56 Å². The lowest BCUT2D eigenvalue weighted by atomic mass is 10.2. The van der Waals surface area contributed by atoms with Crippen LogP contribution >= 0.6 is 20.9 Å². The Morgan fingerprint density at radius 2 is 1.59 bits per heavy atom. The Hall–Kier alpha value is -0.540. The highest BCUT2D eigenvalue weighted by molar-refractivity contribution is 8.45. The van der Waals surface area contributed by atoms with Gasteiger partial charge in [0.2, 0.25) is 0 Å². The van der Waals surface area contributed by atoms with Crippen LogP contribution in [0.3, 0.4) is 0 Å². The average Bonchev–Trinajstić information content (AvgIpc) is 1.97. The number of aryl methyl sites for hydroxylation is 1. The van der Waals surface area contributed by atoms with Crippen molar-refractivity contribution in [2.75, 3.05) is 0 Å². The molecule has 0 atom stereocenters. The number of hydrogen-bond donors (Lipinski definition) is 0. The minimum absolute atomic E-state index is 0.127. The molecule has 0 N–H and O–H groups in total. The van der Waals surface area contributed by atoms with Gasteiger partial charge in [-0.1, -0.05) is 25.5 Å². The lowest BCUT2D eigenvalue weighted by Gasteiger charge is -2.40. The Morgan fingerprint density at radius 1 is 1.12 bits per heavy atom. The number of hydrogen-bond acceptors (Lipinski definition) is 2. The molecule has 1 aromatic carbocycles. The zero-order valence-electron chi connectivity index (χ0n) is 8.13. The van der Waals surface area contributed by atoms with Crippen molar-refractivity contribution in [1.29, 1.82) is 0 Å². The molecule has 1 rings (SSSR count). The first-order valence-electron chi connectivity index (χ1n) is 3.91. The van der Waals surface area contributed by atoms with Crippen molar-refractivity contribution < 1.29 is 27.8 Å². The molecule has 10 heteroatoms. The maximum atomic E-state index is 12.4. The van der Waals surface area contributed by atoms with Gasteiger partial charge in [0.15, 0.2) is 0 Å². The zero-order chi connectivity index (χ0) is 13.8. The van der Waals surface area contributed by atoms with E-state index in [0.717, 1.165) is 6.92 Å². The van der Waals surface area contributed by atoms with Crippen LogP contribution in [0.25, 0.3) is 0 Å². The second kappa shape index (κ2) is 3.07. The highest BCUT2D eigenvalue weighted by atomic mass is 35.7. The van der Waals surface area contributed by atoms with Crippen molar-refractivity contribution in [2.45, 2.75) is 16.7 Å². The van der Waals surface area contributed by atoms with Gasteiger partial charge >= 0.3 is 10.2 Å². The van der Waals surface area contributed by atoms with E-state index in [1.165, 1.54) is 0 Å². The van der Waals surface area contributed by atoms with Crippen molar-refractivity contribution in [3.05, 3.63) is 23.8 Å². The highest BCUT2D eigenvalue weighted by Crippen LogP contribution is 3.02. The fourth-order valence-corrected chi connectivity index (χ4v) is 3.04. The van der Waals surface area contributed by atoms with Crippen LogP contribution in [0.15, 0.2) is 28.0 Å². The first kappa shape index (κ1) is 14.5. The normalized spacial score (nSPS) is 17.4. The highest BCUT2D eigenvalue weighted by Gasteiger charge is 2.65. The van der Waals surface area contributed by atoms with Crippen molar-refractivity contribution in [1.82, 2.24) is 0 Å². The summed E-state index contributed by atoms with van der Waals surface area (Å²) in [7, 11) is -9.56. The van der Waals surface area contributed by atoms with E-state index in [9.17, 15) is 27.8 Å². The Bertz CT molecular complexity index is 578. The first-order chi connectivity index (χ1) is 7.11. The van der Waals surface area contributed by atoms with Gasteiger partial charge in [0.05, 0.1) is 4.90 Å². The molecule has 0 fully saturated rings. The van der Waals surface area contributed by atoms with Crippen LogP contribution in [0.5, 0.6) is 0 Å². The van der Waals surface area contributed by atoms with Gasteiger partial charge in [0.1, 0.15) is 4.90 Å². The van der Waals surface area contributed by atoms with Crippen LogP contribution in [-0.2, 0) is 9.05 Å². The topological polar surface area (TPSA) is 34.1 Å². The summed E-state index contributed by atoms with van der Waals surface area (Å²) in [5.74, 6) is 0. The van der Waals surface area contributed by atoms with Crippen molar-refractivity contribution >= 4 is 30.0 Å². The number of rotatable bonds is 2. The Labute approximate surface area is 98.5 Å². The third kappa shape index (κ3) is 3.46. The predicted octanol–water partition coefficient (Wildman–Crippen LogP) is 4.58. The third-order valence-electron chi connectivity index (χ3n) is 1.87. The Morgan fingerprint density at radius 3 is 1.94 bits per heavy atom. The van der Waals surface area contributed by atoms with Crippen LogP contribution in [0.2, 0.25) is 0 Å². The SMILES string of the molecule is Cc1ccc(S(F)(F)(F)(F)F)cc1S(=O)(=O)Cl. The molecule has 0 radical (unpaired) electrons. The summed E-state index contributed by atoms with van der Waals surface area (Å²) in [4.78, 5) is -3.26. The third-order valence-corrected chi connectivity index (χ3v) is 4.48. The molecule has 0 saturated carbocycles. The molecule has 2 nitrogen and oxygen atoms in total. The van der Waals surface area contributed by atoms with Gasteiger partial charge in [-0.2, -0.15) is 0 Å². The molecule has 17 heavy (non-hydrogen) atoms. The maximum absolute atomic E-state index is 12.4. The van der Waals surface area contributed by atoms with Crippen molar-refractivity contribution in [3.8, 4) is 0 Å². The van der Waals surface area contributed by atoms with E-state index >= 15 is 0 Å². The minimum Gasteiger partial charge on any atom is -0.207 e. The number of benzene rings is 1. The van der Waals surface area contributed by atoms with E-state index in [1.807, 2.05) is 0 Å². The lowest BCUT2D eigenvalue weighted by Crippen LogP contribution is -2.07. The summed E-state index contributed by atoms with van der Waals surface area (Å²) in [6, 6.07) is 0.601. The molecular weight excluding hydrogens is 311 g/mol. The van der Waals surface area contributed by atoms with Gasteiger partial charge in [-0.05, 0) is 24.6 Å². The molecule has 100 valence electrons. The minimum atomic E-state index is -9.90. The molecule has 0 aliphatic heterocycles. The molecule has 0 spiro atoms. The fourth-order valence-electron chi connectivity index (χ4n) is 1.08. The Kier molecular flexibility index (Phi) is 2.62. The molecule has 1 aromatic rings. The monoisotopic (exact) mass is 316 g/mol. The van der Waals surface area contributed by atoms with E-state index in [-0.39, 0.29) is 17.7 Å². The standard InChI is InChI=1S/C7H6ClF5O2S2/c1-5-2-3-6(17(9,10,11,12)13)4-7(5)16(8,14)15/h2-4H,1H3. The Balaban J connectivity index is 3.67. The summed E-state index contributed by atoms with van der Waals surface area (Å²) in [6.45, 7) is 1.14. The molecule has 0 saturated heterocycles. The van der Waals surface area contributed by atoms with E-state index in [2.05, 4.69) is 0 Å². The molecule has 0 bridgehead atoms. The van der Waals surface area contributed by atoms with Gasteiger partial charge < -0.3 is 0 Å². The molecule has 0 aliphatic carbocycles. The molecule has 0 aromatic heterocycles. The van der Waals surface area contributed by atoms with Crippen LogP contribution in [0, 0.1) is 6.92 Å². The maximum Gasteiger partial charge on any atom is 0.310 e. The first-order valence-corrected chi connectivity index (χ1v) is 8.17. The summed E-state index contributed by atoms with van der Waals surface area (Å²) in [6.07, 6.45) is 0. The van der Waals surface area contributed by atoms with Gasteiger partial charge in [0, 0.05) is 10.7 Å². The summed E-state index contributed by atoms with van der Waals surface area (Å²) >= 11 is 0. The summed E-state index contributed by atoms with van der Waals surface area (Å²) in [5, 5.41) is 0. The predicted molar refractivity (Wildman–Crippen MR) is 55.6 cm³/mol. The smallest absolute Gasteiger partial charge is 0.207 e. The van der Waals surface area contributed by atoms with Gasteiger partial charge in [-0.25, -0.2) is 8.42 Å². The molecule has 0 amide bonds. The molecular formula is C7H6ClF5O2S2. The second-order valence-corrected chi connectivity index (χ2v) is 8.28. The largest absolute Gasteiger partial charge is 0.310 e. The fraction of sp³-hybridized carbons (Fsp3) is 0.143. The van der Waals surface area contributed by atoms with E-state index in [4.69, 9.17) is 10.7 Å². The summed E-state index contributed by atoms with van der Waals surface area (Å²) in [5.41, 5.74) is -0.148. The molecule has 0 heterocycles. The van der Waals surface area contributed by atoms with E-state index in [0.29, 0.717) is 6.07 Å². The van der Waals surface area contributed by atoms with Crippen LogP contribution < -0.4 is 0 Å². The van der Waals surface area contributed by atoms with Crippen molar-refractivity contribution in [2.24, 2.45) is 0 Å². The van der Waals surface area contributed by atoms with Gasteiger partial charge in [0.25, 0.3) is 9.05 Å². The lowest BCUT2D eigenvalue weighted by molar-refractivity contribution is 0.363. The molecule has 0 unspecified atom stereocenters. The molecule has 0 aliphatic rings.